The van der Waals surface area contributed by atoms with Gasteiger partial charge in [0, 0.05) is 11.6 Å². The quantitative estimate of drug-likeness (QED) is 0.488. The van der Waals surface area contributed by atoms with Gasteiger partial charge in [-0.05, 0) is 37.1 Å². The maximum atomic E-state index is 13.0. The summed E-state index contributed by atoms with van der Waals surface area (Å²) in [5, 5.41) is 6.54. The van der Waals surface area contributed by atoms with Crippen LogP contribution in [0, 0.1) is 5.92 Å². The Bertz CT molecular complexity index is 1110. The summed E-state index contributed by atoms with van der Waals surface area (Å²) in [7, 11) is 0. The first-order valence-electron chi connectivity index (χ1n) is 9.41. The summed E-state index contributed by atoms with van der Waals surface area (Å²) in [6.45, 7) is -1.38. The third kappa shape index (κ3) is 4.94. The van der Waals surface area contributed by atoms with Crippen LogP contribution in [0.1, 0.15) is 37.1 Å². The lowest BCUT2D eigenvalue weighted by Crippen LogP contribution is -2.25. The summed E-state index contributed by atoms with van der Waals surface area (Å²) in [4.78, 5) is 16.8. The fourth-order valence-electron chi connectivity index (χ4n) is 3.13. The molecule has 1 fully saturated rings. The average molecular weight is 460 g/mol. The Balaban J connectivity index is 1.46. The number of benzene rings is 1. The number of ether oxygens (including phenoxy) is 1. The van der Waals surface area contributed by atoms with E-state index in [1.54, 1.807) is 6.92 Å². The van der Waals surface area contributed by atoms with E-state index < -0.39 is 30.3 Å². The molecule has 166 valence electrons. The Morgan fingerprint density at radius 1 is 1.32 bits per heavy atom. The molecule has 1 aliphatic rings. The molecule has 0 aliphatic heterocycles. The van der Waals surface area contributed by atoms with E-state index in [1.807, 2.05) is 0 Å². The standard InChI is InChI=1S/C19H17F5N4O2S/c1-9(8-28-13(10-2-3-10)7-15(27-28)19(22,23)24)16(29)26-18-25-12-5-4-11(30-17(20)21)6-14(12)31-18/h4-7,9-10,17H,2-3,8H2,1H3,(H,25,26,29). The minimum absolute atomic E-state index is 0.00891. The molecule has 12 heteroatoms. The predicted octanol–water partition coefficient (Wildman–Crippen LogP) is 5.27. The monoisotopic (exact) mass is 460 g/mol. The van der Waals surface area contributed by atoms with Gasteiger partial charge in [-0.3, -0.25) is 9.48 Å². The summed E-state index contributed by atoms with van der Waals surface area (Å²) < 4.78 is 70.0. The van der Waals surface area contributed by atoms with Crippen LogP contribution in [0.4, 0.5) is 27.1 Å². The van der Waals surface area contributed by atoms with Crippen molar-refractivity contribution >= 4 is 32.6 Å². The third-order valence-electron chi connectivity index (χ3n) is 4.81. The van der Waals surface area contributed by atoms with E-state index in [2.05, 4.69) is 20.1 Å². The Morgan fingerprint density at radius 2 is 2.06 bits per heavy atom. The fraction of sp³-hybridized carbons (Fsp3) is 0.421. The summed E-state index contributed by atoms with van der Waals surface area (Å²) in [6.07, 6.45) is -2.95. The molecular weight excluding hydrogens is 443 g/mol. The number of aromatic nitrogens is 3. The summed E-state index contributed by atoms with van der Waals surface area (Å²) >= 11 is 1.08. The van der Waals surface area contributed by atoms with Crippen LogP contribution in [-0.2, 0) is 17.5 Å². The lowest BCUT2D eigenvalue weighted by Gasteiger charge is -2.13. The van der Waals surface area contributed by atoms with Gasteiger partial charge in [0.25, 0.3) is 0 Å². The second kappa shape index (κ2) is 8.06. The van der Waals surface area contributed by atoms with E-state index in [9.17, 15) is 26.7 Å². The number of halogens is 5. The molecule has 2 aromatic heterocycles. The molecule has 0 radical (unpaired) electrons. The summed E-state index contributed by atoms with van der Waals surface area (Å²) in [5.74, 6) is -1.10. The lowest BCUT2D eigenvalue weighted by molar-refractivity contribution is -0.141. The minimum Gasteiger partial charge on any atom is -0.435 e. The predicted molar refractivity (Wildman–Crippen MR) is 103 cm³/mol. The normalized spacial score (nSPS) is 15.5. The highest BCUT2D eigenvalue weighted by molar-refractivity contribution is 7.22. The van der Waals surface area contributed by atoms with Gasteiger partial charge in [0.1, 0.15) is 5.75 Å². The van der Waals surface area contributed by atoms with Gasteiger partial charge in [0.2, 0.25) is 5.91 Å². The molecule has 31 heavy (non-hydrogen) atoms. The van der Waals surface area contributed by atoms with Gasteiger partial charge in [-0.15, -0.1) is 0 Å². The highest BCUT2D eigenvalue weighted by Crippen LogP contribution is 2.42. The summed E-state index contributed by atoms with van der Waals surface area (Å²) in [5.41, 5.74) is 0.0148. The molecule has 4 rings (SSSR count). The topological polar surface area (TPSA) is 69.0 Å². The molecule has 1 atom stereocenters. The van der Waals surface area contributed by atoms with Crippen LogP contribution in [0.2, 0.25) is 0 Å². The first kappa shape index (κ1) is 21.5. The Labute approximate surface area is 177 Å². The van der Waals surface area contributed by atoms with Crippen LogP contribution in [0.3, 0.4) is 0 Å². The van der Waals surface area contributed by atoms with E-state index >= 15 is 0 Å². The summed E-state index contributed by atoms with van der Waals surface area (Å²) in [6, 6.07) is 5.28. The number of thiazole rings is 1. The number of carbonyl (C=O) groups excluding carboxylic acids is 1. The van der Waals surface area contributed by atoms with E-state index in [0.29, 0.717) is 15.9 Å². The van der Waals surface area contributed by atoms with Crippen LogP contribution in [0.15, 0.2) is 24.3 Å². The minimum atomic E-state index is -4.55. The van der Waals surface area contributed by atoms with E-state index in [-0.39, 0.29) is 23.3 Å². The average Bonchev–Trinajstić information content (AvgIpc) is 3.29. The number of rotatable bonds is 7. The molecule has 1 unspecified atom stereocenters. The molecule has 1 aromatic carbocycles. The number of alkyl halides is 5. The van der Waals surface area contributed by atoms with Crippen molar-refractivity contribution in [1.29, 1.82) is 0 Å². The highest BCUT2D eigenvalue weighted by Gasteiger charge is 2.38. The Kier molecular flexibility index (Phi) is 5.58. The Morgan fingerprint density at radius 3 is 2.71 bits per heavy atom. The zero-order valence-corrected chi connectivity index (χ0v) is 16.9. The van der Waals surface area contributed by atoms with Crippen molar-refractivity contribution < 1.29 is 31.5 Å². The molecule has 0 bridgehead atoms. The van der Waals surface area contributed by atoms with Gasteiger partial charge in [0.15, 0.2) is 10.8 Å². The van der Waals surface area contributed by atoms with Crippen molar-refractivity contribution in [3.8, 4) is 5.75 Å². The molecule has 0 spiro atoms. The van der Waals surface area contributed by atoms with Gasteiger partial charge < -0.3 is 10.1 Å². The molecule has 1 amide bonds. The van der Waals surface area contributed by atoms with Crippen LogP contribution >= 0.6 is 11.3 Å². The lowest BCUT2D eigenvalue weighted by atomic mass is 10.1. The number of anilines is 1. The maximum absolute atomic E-state index is 13.0. The molecular formula is C19H17F5N4O2S. The van der Waals surface area contributed by atoms with Crippen LogP contribution in [0.25, 0.3) is 10.2 Å². The van der Waals surface area contributed by atoms with Gasteiger partial charge in [-0.1, -0.05) is 18.3 Å². The first-order valence-corrected chi connectivity index (χ1v) is 10.2. The SMILES string of the molecule is CC(Cn1nc(C(F)(F)F)cc1C1CC1)C(=O)Nc1nc2ccc(OC(F)F)cc2s1. The van der Waals surface area contributed by atoms with Gasteiger partial charge in [-0.2, -0.15) is 27.1 Å². The maximum Gasteiger partial charge on any atom is 0.435 e. The van der Waals surface area contributed by atoms with Crippen LogP contribution in [0.5, 0.6) is 5.75 Å². The second-order valence-corrected chi connectivity index (χ2v) is 8.36. The van der Waals surface area contributed by atoms with Crippen LogP contribution < -0.4 is 10.1 Å². The van der Waals surface area contributed by atoms with E-state index in [0.717, 1.165) is 30.2 Å². The smallest absolute Gasteiger partial charge is 0.435 e. The highest BCUT2D eigenvalue weighted by atomic mass is 32.1. The number of nitrogens with zero attached hydrogens (tertiary/aromatic N) is 3. The molecule has 0 saturated heterocycles. The zero-order chi connectivity index (χ0) is 22.3. The van der Waals surface area contributed by atoms with Gasteiger partial charge in [-0.25, -0.2) is 4.98 Å². The second-order valence-electron chi connectivity index (χ2n) is 7.33. The number of hydrogen-bond acceptors (Lipinski definition) is 5. The van der Waals surface area contributed by atoms with Crippen molar-refractivity contribution in [3.05, 3.63) is 35.7 Å². The van der Waals surface area contributed by atoms with Gasteiger partial charge in [0.05, 0.1) is 22.7 Å². The number of hydrogen-bond donors (Lipinski definition) is 1. The molecule has 1 aliphatic carbocycles. The van der Waals surface area contributed by atoms with Crippen molar-refractivity contribution in [2.45, 2.75) is 45.0 Å². The van der Waals surface area contributed by atoms with Crippen molar-refractivity contribution in [3.63, 3.8) is 0 Å². The van der Waals surface area contributed by atoms with Crippen molar-refractivity contribution in [1.82, 2.24) is 14.8 Å². The largest absolute Gasteiger partial charge is 0.435 e. The van der Waals surface area contributed by atoms with Crippen molar-refractivity contribution in [2.24, 2.45) is 5.92 Å². The molecule has 3 aromatic rings. The number of amides is 1. The molecule has 1 N–H and O–H groups in total. The van der Waals surface area contributed by atoms with E-state index in [4.69, 9.17) is 0 Å². The fourth-order valence-corrected chi connectivity index (χ4v) is 4.03. The third-order valence-corrected chi connectivity index (χ3v) is 5.74. The number of carbonyl (C=O) groups is 1. The number of nitrogens with one attached hydrogen (secondary N) is 1. The van der Waals surface area contributed by atoms with Crippen LogP contribution in [-0.4, -0.2) is 27.3 Å². The van der Waals surface area contributed by atoms with Gasteiger partial charge >= 0.3 is 12.8 Å². The molecule has 6 nitrogen and oxygen atoms in total. The number of fused-ring (bicyclic) bond motifs is 1. The zero-order valence-electron chi connectivity index (χ0n) is 16.1. The Hall–Kier alpha value is -2.76. The molecule has 1 saturated carbocycles. The van der Waals surface area contributed by atoms with Crippen molar-refractivity contribution in [2.75, 3.05) is 5.32 Å². The first-order chi connectivity index (χ1) is 14.6. The molecule has 2 heterocycles. The van der Waals surface area contributed by atoms with E-state index in [1.165, 1.54) is 22.9 Å².